The van der Waals surface area contributed by atoms with E-state index in [0.717, 1.165) is 31.1 Å². The van der Waals surface area contributed by atoms with Gasteiger partial charge in [-0.15, -0.1) is 0 Å². The smallest absolute Gasteiger partial charge is 0.0499 e. The third kappa shape index (κ3) is 5.22. The van der Waals surface area contributed by atoms with Crippen LogP contribution in [0.1, 0.15) is 45.4 Å². The molecule has 17 heavy (non-hydrogen) atoms. The second-order valence-electron chi connectivity index (χ2n) is 5.69. The lowest BCUT2D eigenvalue weighted by Gasteiger charge is -2.24. The molecule has 2 nitrogen and oxygen atoms in total. The molecular formula is C15H27NO. The first-order valence-electron chi connectivity index (χ1n) is 7.32. The van der Waals surface area contributed by atoms with Gasteiger partial charge in [0, 0.05) is 19.3 Å². The average molecular weight is 237 g/mol. The summed E-state index contributed by atoms with van der Waals surface area (Å²) in [7, 11) is 0. The van der Waals surface area contributed by atoms with Crippen molar-refractivity contribution in [2.75, 3.05) is 19.8 Å². The topological polar surface area (TPSA) is 21.3 Å². The van der Waals surface area contributed by atoms with Crippen LogP contribution in [0.3, 0.4) is 0 Å². The first kappa shape index (κ1) is 13.1. The maximum absolute atomic E-state index is 5.80. The highest BCUT2D eigenvalue weighted by Crippen LogP contribution is 2.25. The Kier molecular flexibility index (Phi) is 5.53. The molecule has 0 heterocycles. The Morgan fingerprint density at radius 3 is 2.76 bits per heavy atom. The summed E-state index contributed by atoms with van der Waals surface area (Å²) < 4.78 is 5.80. The van der Waals surface area contributed by atoms with Crippen molar-refractivity contribution in [3.05, 3.63) is 12.2 Å². The quantitative estimate of drug-likeness (QED) is 0.517. The fraction of sp³-hybridized carbons (Fsp3) is 0.867. The Balaban J connectivity index is 1.41. The number of rotatable bonds is 8. The summed E-state index contributed by atoms with van der Waals surface area (Å²) in [6.45, 7) is 5.43. The molecule has 1 fully saturated rings. The standard InChI is InChI=1S/C15H27NO/c1-13-6-2-3-7-14(13)12-17-11-5-4-10-16-15-8-9-15/h2-3,13-16H,4-12H2,1H3. The van der Waals surface area contributed by atoms with Crippen molar-refractivity contribution in [1.82, 2.24) is 5.32 Å². The van der Waals surface area contributed by atoms with Crippen molar-refractivity contribution >= 4 is 0 Å². The third-order valence-corrected chi connectivity index (χ3v) is 3.98. The Labute approximate surface area is 106 Å². The van der Waals surface area contributed by atoms with Crippen LogP contribution in [-0.4, -0.2) is 25.8 Å². The van der Waals surface area contributed by atoms with E-state index in [1.807, 2.05) is 0 Å². The van der Waals surface area contributed by atoms with Crippen molar-refractivity contribution in [2.45, 2.75) is 51.5 Å². The monoisotopic (exact) mass is 237 g/mol. The predicted octanol–water partition coefficient (Wildman–Crippen LogP) is 3.14. The van der Waals surface area contributed by atoms with E-state index >= 15 is 0 Å². The molecule has 2 aliphatic rings. The molecule has 98 valence electrons. The minimum Gasteiger partial charge on any atom is -0.381 e. The van der Waals surface area contributed by atoms with E-state index in [2.05, 4.69) is 24.4 Å². The van der Waals surface area contributed by atoms with Crippen molar-refractivity contribution in [1.29, 1.82) is 0 Å². The first-order valence-corrected chi connectivity index (χ1v) is 7.32. The van der Waals surface area contributed by atoms with Crippen molar-refractivity contribution in [3.8, 4) is 0 Å². The van der Waals surface area contributed by atoms with Crippen LogP contribution in [0, 0.1) is 11.8 Å². The molecule has 0 saturated heterocycles. The lowest BCUT2D eigenvalue weighted by molar-refractivity contribution is 0.0768. The van der Waals surface area contributed by atoms with E-state index in [1.54, 1.807) is 0 Å². The summed E-state index contributed by atoms with van der Waals surface area (Å²) >= 11 is 0. The van der Waals surface area contributed by atoms with Crippen LogP contribution < -0.4 is 5.32 Å². The summed E-state index contributed by atoms with van der Waals surface area (Å²) in [5.41, 5.74) is 0. The Morgan fingerprint density at radius 2 is 2.00 bits per heavy atom. The van der Waals surface area contributed by atoms with Gasteiger partial charge in [-0.25, -0.2) is 0 Å². The predicted molar refractivity (Wildman–Crippen MR) is 72.1 cm³/mol. The van der Waals surface area contributed by atoms with E-state index in [4.69, 9.17) is 4.74 Å². The normalized spacial score (nSPS) is 28.5. The van der Waals surface area contributed by atoms with E-state index in [-0.39, 0.29) is 0 Å². The van der Waals surface area contributed by atoms with Gasteiger partial charge >= 0.3 is 0 Å². The highest BCUT2D eigenvalue weighted by Gasteiger charge is 2.19. The molecule has 0 amide bonds. The summed E-state index contributed by atoms with van der Waals surface area (Å²) in [6, 6.07) is 0.853. The van der Waals surface area contributed by atoms with Gasteiger partial charge in [0.1, 0.15) is 0 Å². The van der Waals surface area contributed by atoms with Crippen LogP contribution >= 0.6 is 0 Å². The molecule has 2 rings (SSSR count). The summed E-state index contributed by atoms with van der Waals surface area (Å²) in [4.78, 5) is 0. The molecular weight excluding hydrogens is 210 g/mol. The minimum absolute atomic E-state index is 0.754. The minimum atomic E-state index is 0.754. The molecule has 0 aliphatic heterocycles. The van der Waals surface area contributed by atoms with E-state index in [0.29, 0.717) is 0 Å². The molecule has 0 radical (unpaired) electrons. The van der Waals surface area contributed by atoms with Crippen molar-refractivity contribution < 1.29 is 4.74 Å². The number of nitrogens with one attached hydrogen (secondary N) is 1. The molecule has 0 aromatic rings. The van der Waals surface area contributed by atoms with E-state index in [9.17, 15) is 0 Å². The van der Waals surface area contributed by atoms with Gasteiger partial charge in [0.2, 0.25) is 0 Å². The second-order valence-corrected chi connectivity index (χ2v) is 5.69. The van der Waals surface area contributed by atoms with Gasteiger partial charge in [-0.1, -0.05) is 19.1 Å². The first-order chi connectivity index (χ1) is 8.36. The Hall–Kier alpha value is -0.340. The summed E-state index contributed by atoms with van der Waals surface area (Å²) in [5, 5.41) is 3.54. The molecule has 0 aromatic heterocycles. The Morgan fingerprint density at radius 1 is 1.18 bits per heavy atom. The highest BCUT2D eigenvalue weighted by atomic mass is 16.5. The van der Waals surface area contributed by atoms with Crippen LogP contribution in [0.4, 0.5) is 0 Å². The second kappa shape index (κ2) is 7.17. The molecule has 1 N–H and O–H groups in total. The van der Waals surface area contributed by atoms with Gasteiger partial charge in [0.15, 0.2) is 0 Å². The van der Waals surface area contributed by atoms with Crippen LogP contribution in [0.15, 0.2) is 12.2 Å². The largest absolute Gasteiger partial charge is 0.381 e. The molecule has 2 heteroatoms. The molecule has 1 saturated carbocycles. The molecule has 0 bridgehead atoms. The number of allylic oxidation sites excluding steroid dienone is 2. The molecule has 2 unspecified atom stereocenters. The SMILES string of the molecule is CC1CC=CCC1COCCCCNC1CC1. The fourth-order valence-corrected chi connectivity index (χ4v) is 2.40. The third-order valence-electron chi connectivity index (χ3n) is 3.98. The average Bonchev–Trinajstić information content (AvgIpc) is 3.14. The zero-order valence-corrected chi connectivity index (χ0v) is 11.2. The molecule has 2 atom stereocenters. The lowest BCUT2D eigenvalue weighted by atomic mass is 9.85. The van der Waals surface area contributed by atoms with Gasteiger partial charge in [-0.05, 0) is 56.9 Å². The maximum atomic E-state index is 5.80. The lowest BCUT2D eigenvalue weighted by Crippen LogP contribution is -2.20. The van der Waals surface area contributed by atoms with Crippen molar-refractivity contribution in [3.63, 3.8) is 0 Å². The zero-order chi connectivity index (χ0) is 11.9. The zero-order valence-electron chi connectivity index (χ0n) is 11.2. The van der Waals surface area contributed by atoms with E-state index in [1.165, 1.54) is 45.1 Å². The van der Waals surface area contributed by atoms with Gasteiger partial charge < -0.3 is 10.1 Å². The van der Waals surface area contributed by atoms with E-state index < -0.39 is 0 Å². The van der Waals surface area contributed by atoms with Crippen LogP contribution in [-0.2, 0) is 4.74 Å². The van der Waals surface area contributed by atoms with Gasteiger partial charge in [-0.2, -0.15) is 0 Å². The van der Waals surface area contributed by atoms with Gasteiger partial charge in [-0.3, -0.25) is 0 Å². The highest BCUT2D eigenvalue weighted by molar-refractivity contribution is 4.93. The van der Waals surface area contributed by atoms with Crippen LogP contribution in [0.25, 0.3) is 0 Å². The maximum Gasteiger partial charge on any atom is 0.0499 e. The number of hydrogen-bond donors (Lipinski definition) is 1. The number of ether oxygens (including phenoxy) is 1. The molecule has 2 aliphatic carbocycles. The molecule has 0 aromatic carbocycles. The van der Waals surface area contributed by atoms with Gasteiger partial charge in [0.25, 0.3) is 0 Å². The summed E-state index contributed by atoms with van der Waals surface area (Å²) in [5.74, 6) is 1.56. The van der Waals surface area contributed by atoms with Crippen LogP contribution in [0.5, 0.6) is 0 Å². The number of unbranched alkanes of at least 4 members (excludes halogenated alkanes) is 1. The Bertz CT molecular complexity index is 235. The van der Waals surface area contributed by atoms with Crippen LogP contribution in [0.2, 0.25) is 0 Å². The van der Waals surface area contributed by atoms with Crippen molar-refractivity contribution in [2.24, 2.45) is 11.8 Å². The number of hydrogen-bond acceptors (Lipinski definition) is 2. The molecule has 0 spiro atoms. The summed E-state index contributed by atoms with van der Waals surface area (Å²) in [6.07, 6.45) is 12.3. The fourth-order valence-electron chi connectivity index (χ4n) is 2.40. The van der Waals surface area contributed by atoms with Gasteiger partial charge in [0.05, 0.1) is 0 Å².